The lowest BCUT2D eigenvalue weighted by molar-refractivity contribution is 0.108. The van der Waals surface area contributed by atoms with Crippen molar-refractivity contribution in [3.8, 4) is 0 Å². The number of carbonyl (C=O) groups excluding carboxylic acids is 1. The van der Waals surface area contributed by atoms with Crippen LogP contribution in [0.4, 0.5) is 10.5 Å². The van der Waals surface area contributed by atoms with Crippen LogP contribution in [0.3, 0.4) is 0 Å². The molecule has 2 amide bonds. The molecule has 1 unspecified atom stereocenters. The van der Waals surface area contributed by atoms with Gasteiger partial charge >= 0.3 is 6.03 Å². The molecular weight excluding hydrogens is 342 g/mol. The first-order valence-corrected chi connectivity index (χ1v) is 9.69. The van der Waals surface area contributed by atoms with Crippen molar-refractivity contribution in [2.45, 2.75) is 45.8 Å². The largest absolute Gasteiger partial charge is 0.375 e. The number of amides is 2. The highest BCUT2D eigenvalue weighted by molar-refractivity contribution is 5.89. The van der Waals surface area contributed by atoms with E-state index in [2.05, 4.69) is 21.7 Å². The van der Waals surface area contributed by atoms with E-state index in [1.165, 1.54) is 12.8 Å². The van der Waals surface area contributed by atoms with Crippen LogP contribution in [-0.4, -0.2) is 45.6 Å². The van der Waals surface area contributed by atoms with Crippen LogP contribution in [0, 0.1) is 19.8 Å². The van der Waals surface area contributed by atoms with Gasteiger partial charge in [-0.25, -0.2) is 9.48 Å². The van der Waals surface area contributed by atoms with Crippen molar-refractivity contribution < 1.29 is 9.53 Å². The molecule has 1 aromatic carbocycles. The molecule has 1 saturated carbocycles. The van der Waals surface area contributed by atoms with Gasteiger partial charge in [0.05, 0.1) is 18.8 Å². The summed E-state index contributed by atoms with van der Waals surface area (Å²) in [5.41, 5.74) is 3.98. The lowest BCUT2D eigenvalue weighted by Crippen LogP contribution is -2.33. The summed E-state index contributed by atoms with van der Waals surface area (Å²) < 4.78 is 7.55. The number of hydrogen-bond donors (Lipinski definition) is 1. The molecule has 27 heavy (non-hydrogen) atoms. The minimum absolute atomic E-state index is 0.0596. The van der Waals surface area contributed by atoms with E-state index in [0.29, 0.717) is 19.7 Å². The summed E-state index contributed by atoms with van der Waals surface area (Å²) in [6.45, 7) is 6.76. The first-order valence-electron chi connectivity index (χ1n) is 9.69. The Balaban J connectivity index is 1.30. The molecule has 1 atom stereocenters. The van der Waals surface area contributed by atoms with E-state index < -0.39 is 0 Å². The molecule has 1 aliphatic heterocycles. The number of urea groups is 1. The van der Waals surface area contributed by atoms with Crippen LogP contribution in [0.5, 0.6) is 0 Å². The minimum atomic E-state index is -0.0596. The molecule has 2 heterocycles. The Morgan fingerprint density at radius 1 is 1.22 bits per heavy atom. The fourth-order valence-electron chi connectivity index (χ4n) is 3.56. The number of rotatable bonds is 6. The molecule has 1 aliphatic carbocycles. The van der Waals surface area contributed by atoms with E-state index in [0.717, 1.165) is 41.5 Å². The van der Waals surface area contributed by atoms with Gasteiger partial charge in [-0.1, -0.05) is 11.3 Å². The number of likely N-dealkylation sites (tertiary alicyclic amines) is 1. The Bertz CT molecular complexity index is 794. The number of hydrogen-bond acceptors (Lipinski definition) is 4. The first kappa shape index (κ1) is 18.0. The normalized spacial score (nSPS) is 19.5. The molecule has 2 aromatic rings. The standard InChI is InChI=1S/C20H27N5O2/c1-14-7-15(2)9-17(8-14)21-20(26)24-6-5-19(11-24)25-10-18(22-23-25)13-27-12-16-3-4-16/h7-10,16,19H,3-6,11-13H2,1-2H3,(H,21,26). The third-order valence-electron chi connectivity index (χ3n) is 5.16. The summed E-state index contributed by atoms with van der Waals surface area (Å²) in [6, 6.07) is 6.18. The summed E-state index contributed by atoms with van der Waals surface area (Å²) in [6.07, 6.45) is 5.40. The van der Waals surface area contributed by atoms with Crippen molar-refractivity contribution in [1.29, 1.82) is 0 Å². The number of benzene rings is 1. The molecule has 0 spiro atoms. The quantitative estimate of drug-likeness (QED) is 0.848. The van der Waals surface area contributed by atoms with Gasteiger partial charge in [0.15, 0.2) is 0 Å². The number of aromatic nitrogens is 3. The predicted molar refractivity (Wildman–Crippen MR) is 103 cm³/mol. The van der Waals surface area contributed by atoms with E-state index in [9.17, 15) is 4.79 Å². The van der Waals surface area contributed by atoms with Crippen molar-refractivity contribution in [3.63, 3.8) is 0 Å². The molecule has 144 valence electrons. The highest BCUT2D eigenvalue weighted by Crippen LogP contribution is 2.29. The average Bonchev–Trinajstić information content (AvgIpc) is 3.11. The van der Waals surface area contributed by atoms with Crippen LogP contribution in [0.2, 0.25) is 0 Å². The van der Waals surface area contributed by atoms with Gasteiger partial charge in [-0.3, -0.25) is 0 Å². The Kier molecular flexibility index (Phi) is 5.11. The van der Waals surface area contributed by atoms with Crippen LogP contribution < -0.4 is 5.32 Å². The molecule has 2 fully saturated rings. The Morgan fingerprint density at radius 3 is 2.74 bits per heavy atom. The topological polar surface area (TPSA) is 72.3 Å². The van der Waals surface area contributed by atoms with Crippen LogP contribution in [-0.2, 0) is 11.3 Å². The first-order chi connectivity index (χ1) is 13.1. The maximum absolute atomic E-state index is 12.6. The Morgan fingerprint density at radius 2 is 2.00 bits per heavy atom. The predicted octanol–water partition coefficient (Wildman–Crippen LogP) is 3.30. The van der Waals surface area contributed by atoms with Crippen LogP contribution in [0.15, 0.2) is 24.4 Å². The zero-order valence-corrected chi connectivity index (χ0v) is 16.0. The number of ether oxygens (including phenoxy) is 1. The number of carbonyl (C=O) groups is 1. The van der Waals surface area contributed by atoms with E-state index in [-0.39, 0.29) is 12.1 Å². The second-order valence-electron chi connectivity index (χ2n) is 7.84. The molecule has 7 nitrogen and oxygen atoms in total. The van der Waals surface area contributed by atoms with Crippen molar-refractivity contribution in [1.82, 2.24) is 19.9 Å². The van der Waals surface area contributed by atoms with E-state index in [1.807, 2.05) is 41.8 Å². The van der Waals surface area contributed by atoms with E-state index in [1.54, 1.807) is 0 Å². The molecule has 0 bridgehead atoms. The molecule has 1 aromatic heterocycles. The highest BCUT2D eigenvalue weighted by atomic mass is 16.5. The maximum Gasteiger partial charge on any atom is 0.321 e. The van der Waals surface area contributed by atoms with Gasteiger partial charge < -0.3 is 15.0 Å². The average molecular weight is 369 g/mol. The SMILES string of the molecule is Cc1cc(C)cc(NC(=O)N2CCC(n3cc(COCC4CC4)nn3)C2)c1. The van der Waals surface area contributed by atoms with Gasteiger partial charge in [-0.15, -0.1) is 5.10 Å². The zero-order chi connectivity index (χ0) is 18.8. The fourth-order valence-corrected chi connectivity index (χ4v) is 3.56. The number of nitrogens with one attached hydrogen (secondary N) is 1. The minimum Gasteiger partial charge on any atom is -0.375 e. The zero-order valence-electron chi connectivity index (χ0n) is 16.0. The van der Waals surface area contributed by atoms with Crippen LogP contribution in [0.1, 0.15) is 42.1 Å². The van der Waals surface area contributed by atoms with Gasteiger partial charge in [-0.2, -0.15) is 0 Å². The maximum atomic E-state index is 12.6. The number of anilines is 1. The van der Waals surface area contributed by atoms with Crippen molar-refractivity contribution in [2.24, 2.45) is 5.92 Å². The molecular formula is C20H27N5O2. The third kappa shape index (κ3) is 4.66. The summed E-state index contributed by atoms with van der Waals surface area (Å²) in [7, 11) is 0. The fraction of sp³-hybridized carbons (Fsp3) is 0.550. The monoisotopic (exact) mass is 369 g/mol. The van der Waals surface area contributed by atoms with Gasteiger partial charge in [0.1, 0.15) is 5.69 Å². The molecule has 0 radical (unpaired) electrons. The smallest absolute Gasteiger partial charge is 0.321 e. The van der Waals surface area contributed by atoms with Gasteiger partial charge in [-0.05, 0) is 62.3 Å². The van der Waals surface area contributed by atoms with Crippen LogP contribution in [0.25, 0.3) is 0 Å². The van der Waals surface area contributed by atoms with Gasteiger partial charge in [0.2, 0.25) is 0 Å². The van der Waals surface area contributed by atoms with Crippen molar-refractivity contribution in [2.75, 3.05) is 25.0 Å². The van der Waals surface area contributed by atoms with E-state index >= 15 is 0 Å². The number of aryl methyl sites for hydroxylation is 2. The second-order valence-corrected chi connectivity index (χ2v) is 7.84. The molecule has 1 saturated heterocycles. The molecule has 1 N–H and O–H groups in total. The number of nitrogens with zero attached hydrogens (tertiary/aromatic N) is 4. The van der Waals surface area contributed by atoms with Gasteiger partial charge in [0.25, 0.3) is 0 Å². The summed E-state index contributed by atoms with van der Waals surface area (Å²) in [5.74, 6) is 0.749. The van der Waals surface area contributed by atoms with E-state index in [4.69, 9.17) is 4.74 Å². The third-order valence-corrected chi connectivity index (χ3v) is 5.16. The molecule has 7 heteroatoms. The summed E-state index contributed by atoms with van der Waals surface area (Å²) >= 11 is 0. The lowest BCUT2D eigenvalue weighted by atomic mass is 10.1. The Hall–Kier alpha value is -2.41. The van der Waals surface area contributed by atoms with Crippen molar-refractivity contribution in [3.05, 3.63) is 41.2 Å². The molecule has 2 aliphatic rings. The molecule has 4 rings (SSSR count). The lowest BCUT2D eigenvalue weighted by Gasteiger charge is -2.18. The highest BCUT2D eigenvalue weighted by Gasteiger charge is 2.28. The second kappa shape index (κ2) is 7.68. The van der Waals surface area contributed by atoms with Gasteiger partial charge in [0, 0.05) is 25.4 Å². The Labute approximate surface area is 159 Å². The van der Waals surface area contributed by atoms with Crippen LogP contribution >= 0.6 is 0 Å². The summed E-state index contributed by atoms with van der Waals surface area (Å²) in [4.78, 5) is 14.4. The van der Waals surface area contributed by atoms with Crippen molar-refractivity contribution >= 4 is 11.7 Å². The summed E-state index contributed by atoms with van der Waals surface area (Å²) in [5, 5.41) is 11.5.